The number of nitrogens with one attached hydrogen (secondary N) is 1. The number of fused-ring (bicyclic) bond motifs is 1. The molecule has 2 amide bonds. The lowest BCUT2D eigenvalue weighted by molar-refractivity contribution is -0.385. The van der Waals surface area contributed by atoms with Gasteiger partial charge in [0.05, 0.1) is 4.92 Å². The molecule has 3 aromatic rings. The highest BCUT2D eigenvalue weighted by molar-refractivity contribution is 7.18. The first-order valence-electron chi connectivity index (χ1n) is 10.5. The molecule has 2 aliphatic heterocycles. The van der Waals surface area contributed by atoms with Crippen LogP contribution in [0.4, 0.5) is 10.8 Å². The molecule has 34 heavy (non-hydrogen) atoms. The van der Waals surface area contributed by atoms with Gasteiger partial charge in [-0.2, -0.15) is 0 Å². The third-order valence-corrected chi connectivity index (χ3v) is 6.63. The Morgan fingerprint density at radius 3 is 2.82 bits per heavy atom. The maximum atomic E-state index is 13.1. The van der Waals surface area contributed by atoms with E-state index in [1.165, 1.54) is 28.4 Å². The highest BCUT2D eigenvalue weighted by atomic mass is 32.1. The van der Waals surface area contributed by atoms with Crippen molar-refractivity contribution in [1.82, 2.24) is 15.1 Å². The predicted octanol–water partition coefficient (Wildman–Crippen LogP) is 3.39. The predicted molar refractivity (Wildman–Crippen MR) is 122 cm³/mol. The third kappa shape index (κ3) is 4.03. The van der Waals surface area contributed by atoms with Crippen LogP contribution in [0.2, 0.25) is 0 Å². The zero-order chi connectivity index (χ0) is 23.8. The van der Waals surface area contributed by atoms with E-state index in [4.69, 9.17) is 9.47 Å². The lowest BCUT2D eigenvalue weighted by atomic mass is 10.1. The maximum Gasteiger partial charge on any atom is 0.273 e. The minimum absolute atomic E-state index is 0.129. The van der Waals surface area contributed by atoms with Crippen LogP contribution in [0.5, 0.6) is 11.5 Å². The average molecular weight is 481 g/mol. The Balaban J connectivity index is 1.30. The van der Waals surface area contributed by atoms with Crippen LogP contribution >= 0.6 is 11.3 Å². The molecule has 1 atom stereocenters. The van der Waals surface area contributed by atoms with Gasteiger partial charge in [0.2, 0.25) is 17.8 Å². The summed E-state index contributed by atoms with van der Waals surface area (Å²) in [5, 5.41) is 23.1. The number of hydrogen-bond donors (Lipinski definition) is 1. The van der Waals surface area contributed by atoms with E-state index in [1.54, 1.807) is 25.1 Å². The van der Waals surface area contributed by atoms with E-state index < -0.39 is 16.9 Å². The monoisotopic (exact) mass is 481 g/mol. The summed E-state index contributed by atoms with van der Waals surface area (Å²) in [6.45, 7) is 2.16. The second-order valence-corrected chi connectivity index (χ2v) is 8.86. The van der Waals surface area contributed by atoms with Gasteiger partial charge in [0.15, 0.2) is 11.5 Å². The van der Waals surface area contributed by atoms with Gasteiger partial charge in [0.1, 0.15) is 11.0 Å². The summed E-state index contributed by atoms with van der Waals surface area (Å²) >= 11 is 1.20. The number of carbonyl (C=O) groups excluding carboxylic acids is 2. The number of amides is 2. The molecule has 0 radical (unpaired) electrons. The molecular formula is C22H19N5O6S. The average Bonchev–Trinajstić information content (AvgIpc) is 3.58. The van der Waals surface area contributed by atoms with Gasteiger partial charge in [0, 0.05) is 29.3 Å². The van der Waals surface area contributed by atoms with Crippen molar-refractivity contribution in [3.63, 3.8) is 0 Å². The van der Waals surface area contributed by atoms with Crippen LogP contribution in [0.3, 0.4) is 0 Å². The van der Waals surface area contributed by atoms with Gasteiger partial charge in [-0.3, -0.25) is 25.0 Å². The van der Waals surface area contributed by atoms with Crippen LogP contribution in [0.15, 0.2) is 36.4 Å². The van der Waals surface area contributed by atoms with Gasteiger partial charge in [0.25, 0.3) is 11.6 Å². The van der Waals surface area contributed by atoms with Crippen molar-refractivity contribution in [2.24, 2.45) is 0 Å². The van der Waals surface area contributed by atoms with E-state index in [0.717, 1.165) is 5.56 Å². The van der Waals surface area contributed by atoms with Crippen molar-refractivity contribution < 1.29 is 24.0 Å². The SMILES string of the molecule is Cc1ccc(C(=O)N2CCCC2C(=O)Nc2nnc(-c3ccc4c(c3)OCO4)s2)cc1[N+](=O)[O-]. The second-order valence-electron chi connectivity index (χ2n) is 7.88. The van der Waals surface area contributed by atoms with Crippen LogP contribution in [0.25, 0.3) is 10.6 Å². The van der Waals surface area contributed by atoms with Crippen LogP contribution in [-0.4, -0.2) is 51.2 Å². The minimum atomic E-state index is -0.703. The van der Waals surface area contributed by atoms with Gasteiger partial charge in [-0.25, -0.2) is 0 Å². The Morgan fingerprint density at radius 1 is 1.18 bits per heavy atom. The Labute approximate surface area is 197 Å². The number of likely N-dealkylation sites (tertiary alicyclic amines) is 1. The molecule has 0 bridgehead atoms. The molecule has 11 nitrogen and oxygen atoms in total. The molecule has 1 aromatic heterocycles. The number of aryl methyl sites for hydroxylation is 1. The number of carbonyl (C=O) groups is 2. The first kappa shape index (κ1) is 21.8. The Kier molecular flexibility index (Phi) is 5.57. The van der Waals surface area contributed by atoms with E-state index in [9.17, 15) is 19.7 Å². The van der Waals surface area contributed by atoms with Crippen LogP contribution < -0.4 is 14.8 Å². The fourth-order valence-electron chi connectivity index (χ4n) is 4.00. The maximum absolute atomic E-state index is 13.1. The first-order valence-corrected chi connectivity index (χ1v) is 11.3. The molecule has 3 heterocycles. The summed E-state index contributed by atoms with van der Waals surface area (Å²) in [6.07, 6.45) is 1.13. The van der Waals surface area contributed by atoms with Crippen molar-refractivity contribution in [3.05, 3.63) is 57.6 Å². The third-order valence-electron chi connectivity index (χ3n) is 5.74. The summed E-state index contributed by atoms with van der Waals surface area (Å²) in [7, 11) is 0. The molecule has 1 N–H and O–H groups in total. The van der Waals surface area contributed by atoms with Gasteiger partial charge in [-0.15, -0.1) is 10.2 Å². The molecule has 1 unspecified atom stereocenters. The quantitative estimate of drug-likeness (QED) is 0.432. The summed E-state index contributed by atoms with van der Waals surface area (Å²) in [6, 6.07) is 9.05. The molecule has 1 fully saturated rings. The fourth-order valence-corrected chi connectivity index (χ4v) is 4.74. The second kappa shape index (κ2) is 8.71. The fraction of sp³-hybridized carbons (Fsp3) is 0.273. The normalized spacial score (nSPS) is 16.5. The molecule has 5 rings (SSSR count). The van der Waals surface area contributed by atoms with E-state index in [2.05, 4.69) is 15.5 Å². The number of rotatable bonds is 5. The number of hydrogen-bond acceptors (Lipinski definition) is 9. The number of nitro groups is 1. The Morgan fingerprint density at radius 2 is 2.00 bits per heavy atom. The number of aromatic nitrogens is 2. The number of nitrogens with zero attached hydrogens (tertiary/aromatic N) is 4. The van der Waals surface area contributed by atoms with Crippen molar-refractivity contribution >= 4 is 34.0 Å². The molecule has 174 valence electrons. The molecule has 0 spiro atoms. The summed E-state index contributed by atoms with van der Waals surface area (Å²) in [5.41, 5.74) is 1.29. The van der Waals surface area contributed by atoms with Crippen LogP contribution in [0, 0.1) is 17.0 Å². The number of benzene rings is 2. The number of anilines is 1. The van der Waals surface area contributed by atoms with Crippen molar-refractivity contribution in [1.29, 1.82) is 0 Å². The minimum Gasteiger partial charge on any atom is -0.454 e. The molecule has 2 aromatic carbocycles. The zero-order valence-corrected chi connectivity index (χ0v) is 18.8. The topological polar surface area (TPSA) is 137 Å². The van der Waals surface area contributed by atoms with Crippen molar-refractivity contribution in [3.8, 4) is 22.1 Å². The van der Waals surface area contributed by atoms with Crippen LogP contribution in [0.1, 0.15) is 28.8 Å². The molecular weight excluding hydrogens is 462 g/mol. The lowest BCUT2D eigenvalue weighted by Crippen LogP contribution is -2.43. The van der Waals surface area contributed by atoms with Crippen molar-refractivity contribution in [2.45, 2.75) is 25.8 Å². The highest BCUT2D eigenvalue weighted by Crippen LogP contribution is 2.37. The van der Waals surface area contributed by atoms with E-state index in [0.29, 0.717) is 46.6 Å². The number of ether oxygens (including phenoxy) is 2. The first-order chi connectivity index (χ1) is 16.4. The summed E-state index contributed by atoms with van der Waals surface area (Å²) < 4.78 is 10.7. The lowest BCUT2D eigenvalue weighted by Gasteiger charge is -2.23. The Hall–Kier alpha value is -4.06. The molecule has 1 saturated heterocycles. The zero-order valence-electron chi connectivity index (χ0n) is 18.0. The van der Waals surface area contributed by atoms with Gasteiger partial charge in [-0.05, 0) is 44.0 Å². The smallest absolute Gasteiger partial charge is 0.273 e. The molecule has 12 heteroatoms. The molecule has 0 aliphatic carbocycles. The highest BCUT2D eigenvalue weighted by Gasteiger charge is 2.35. The summed E-state index contributed by atoms with van der Waals surface area (Å²) in [5.74, 6) is 0.487. The largest absolute Gasteiger partial charge is 0.454 e. The van der Waals surface area contributed by atoms with Crippen LogP contribution in [-0.2, 0) is 4.79 Å². The molecule has 2 aliphatic rings. The van der Waals surface area contributed by atoms with Crippen molar-refractivity contribution in [2.75, 3.05) is 18.7 Å². The van der Waals surface area contributed by atoms with Gasteiger partial charge < -0.3 is 14.4 Å². The standard InChI is InChI=1S/C22H19N5O6S/c1-12-4-5-14(9-16(12)27(30)31)21(29)26-8-2-3-15(26)19(28)23-22-25-24-20(34-22)13-6-7-17-18(10-13)33-11-32-17/h4-7,9-10,15H,2-3,8,11H2,1H3,(H,23,25,28). The van der Waals surface area contributed by atoms with Gasteiger partial charge >= 0.3 is 0 Å². The van der Waals surface area contributed by atoms with E-state index in [1.807, 2.05) is 6.07 Å². The Bertz CT molecular complexity index is 1310. The van der Waals surface area contributed by atoms with E-state index in [-0.39, 0.29) is 24.0 Å². The van der Waals surface area contributed by atoms with E-state index >= 15 is 0 Å². The number of nitro benzene ring substituents is 1. The molecule has 0 saturated carbocycles. The van der Waals surface area contributed by atoms with Gasteiger partial charge in [-0.1, -0.05) is 17.4 Å². The summed E-state index contributed by atoms with van der Waals surface area (Å²) in [4.78, 5) is 38.2.